The number of methoxy groups -OCH3 is 1. The van der Waals surface area contributed by atoms with Crippen molar-refractivity contribution in [3.63, 3.8) is 0 Å². The van der Waals surface area contributed by atoms with Gasteiger partial charge in [-0.3, -0.25) is 9.59 Å². The fraction of sp³-hybridized carbons (Fsp3) is 0.278. The predicted octanol–water partition coefficient (Wildman–Crippen LogP) is 2.88. The molecule has 1 N–H and O–H groups in total. The summed E-state index contributed by atoms with van der Waals surface area (Å²) in [6, 6.07) is 6.39. The lowest BCUT2D eigenvalue weighted by Crippen LogP contribution is -2.13. The fourth-order valence-corrected chi connectivity index (χ4v) is 2.61. The van der Waals surface area contributed by atoms with E-state index in [9.17, 15) is 14.4 Å². The minimum Gasteiger partial charge on any atom is -0.485 e. The van der Waals surface area contributed by atoms with Crippen molar-refractivity contribution in [3.8, 4) is 5.75 Å². The van der Waals surface area contributed by atoms with Gasteiger partial charge in [-0.2, -0.15) is 0 Å². The first-order valence-electron chi connectivity index (χ1n) is 7.39. The number of aromatic nitrogens is 1. The highest BCUT2D eigenvalue weighted by Crippen LogP contribution is 2.20. The quantitative estimate of drug-likeness (QED) is 0.650. The zero-order chi connectivity index (χ0) is 17.9. The van der Waals surface area contributed by atoms with Crippen LogP contribution < -0.4 is 4.74 Å². The molecular formula is C18H19NO5. The van der Waals surface area contributed by atoms with E-state index in [1.807, 2.05) is 0 Å². The first-order valence-corrected chi connectivity index (χ1v) is 7.39. The zero-order valence-electron chi connectivity index (χ0n) is 14.1. The number of esters is 1. The third-order valence-electron chi connectivity index (χ3n) is 3.69. The molecule has 0 aliphatic rings. The molecule has 0 fully saturated rings. The van der Waals surface area contributed by atoms with Crippen LogP contribution in [0.15, 0.2) is 24.3 Å². The highest BCUT2D eigenvalue weighted by atomic mass is 16.5. The molecule has 2 rings (SSSR count). The van der Waals surface area contributed by atoms with Crippen molar-refractivity contribution in [2.75, 3.05) is 13.7 Å². The van der Waals surface area contributed by atoms with Gasteiger partial charge in [-0.25, -0.2) is 4.79 Å². The van der Waals surface area contributed by atoms with Crippen LogP contribution >= 0.6 is 0 Å². The third kappa shape index (κ3) is 3.53. The molecule has 0 amide bonds. The number of nitrogens with one attached hydrogen (secondary N) is 1. The molecule has 24 heavy (non-hydrogen) atoms. The zero-order valence-corrected chi connectivity index (χ0v) is 14.1. The van der Waals surface area contributed by atoms with Crippen molar-refractivity contribution in [2.24, 2.45) is 0 Å². The maximum atomic E-state index is 12.3. The summed E-state index contributed by atoms with van der Waals surface area (Å²) in [6.45, 7) is 4.74. The summed E-state index contributed by atoms with van der Waals surface area (Å²) in [6.07, 6.45) is 0. The molecule has 0 spiro atoms. The molecule has 1 aromatic carbocycles. The summed E-state index contributed by atoms with van der Waals surface area (Å²) in [4.78, 5) is 38.4. The van der Waals surface area contributed by atoms with Crippen molar-refractivity contribution in [3.05, 3.63) is 52.3 Å². The Balaban J connectivity index is 2.13. The van der Waals surface area contributed by atoms with Gasteiger partial charge in [0.1, 0.15) is 5.75 Å². The maximum Gasteiger partial charge on any atom is 0.337 e. The molecule has 1 heterocycles. The number of benzene rings is 1. The number of aryl methyl sites for hydroxylation is 1. The van der Waals surface area contributed by atoms with Crippen LogP contribution in [0.5, 0.6) is 5.75 Å². The van der Waals surface area contributed by atoms with Gasteiger partial charge < -0.3 is 14.5 Å². The molecular weight excluding hydrogens is 310 g/mol. The van der Waals surface area contributed by atoms with Gasteiger partial charge in [0.2, 0.25) is 5.78 Å². The van der Waals surface area contributed by atoms with E-state index in [0.29, 0.717) is 33.8 Å². The normalized spacial score (nSPS) is 10.3. The number of Topliss-reactive ketones (excluding diaryl/α,β-unsaturated/α-hetero) is 2. The molecule has 2 aromatic rings. The Labute approximate surface area is 139 Å². The van der Waals surface area contributed by atoms with E-state index in [2.05, 4.69) is 9.72 Å². The summed E-state index contributed by atoms with van der Waals surface area (Å²) >= 11 is 0. The van der Waals surface area contributed by atoms with Gasteiger partial charge in [0, 0.05) is 11.3 Å². The second-order valence-corrected chi connectivity index (χ2v) is 5.41. The molecule has 0 radical (unpaired) electrons. The summed E-state index contributed by atoms with van der Waals surface area (Å²) in [5.41, 5.74) is 2.52. The summed E-state index contributed by atoms with van der Waals surface area (Å²) in [7, 11) is 1.29. The summed E-state index contributed by atoms with van der Waals surface area (Å²) in [5, 5.41) is 0. The van der Waals surface area contributed by atoms with Crippen molar-refractivity contribution >= 4 is 17.5 Å². The van der Waals surface area contributed by atoms with Crippen molar-refractivity contribution in [1.82, 2.24) is 4.98 Å². The number of H-pyrrole nitrogens is 1. The van der Waals surface area contributed by atoms with E-state index < -0.39 is 5.97 Å². The number of carbonyl (C=O) groups excluding carboxylic acids is 3. The minimum atomic E-state index is -0.478. The van der Waals surface area contributed by atoms with Crippen LogP contribution in [-0.2, 0) is 4.74 Å². The second-order valence-electron chi connectivity index (χ2n) is 5.41. The number of carbonyl (C=O) groups is 3. The van der Waals surface area contributed by atoms with E-state index in [-0.39, 0.29) is 18.2 Å². The Bertz CT molecular complexity index is 804. The Morgan fingerprint density at radius 1 is 1.17 bits per heavy atom. The Kier molecular flexibility index (Phi) is 5.18. The summed E-state index contributed by atoms with van der Waals surface area (Å²) < 4.78 is 10.1. The molecule has 0 saturated heterocycles. The van der Waals surface area contributed by atoms with Crippen molar-refractivity contribution in [1.29, 1.82) is 0 Å². The molecule has 0 unspecified atom stereocenters. The third-order valence-corrected chi connectivity index (χ3v) is 3.69. The van der Waals surface area contributed by atoms with Gasteiger partial charge in [0.25, 0.3) is 0 Å². The van der Waals surface area contributed by atoms with Gasteiger partial charge in [0.05, 0.1) is 18.4 Å². The molecule has 1 aromatic heterocycles. The van der Waals surface area contributed by atoms with Gasteiger partial charge in [-0.05, 0) is 44.5 Å². The molecule has 126 valence electrons. The lowest BCUT2D eigenvalue weighted by Gasteiger charge is -2.07. The molecule has 6 heteroatoms. The topological polar surface area (TPSA) is 85.5 Å². The van der Waals surface area contributed by atoms with Crippen LogP contribution in [0.2, 0.25) is 0 Å². The van der Waals surface area contributed by atoms with Crippen LogP contribution in [0.1, 0.15) is 49.4 Å². The van der Waals surface area contributed by atoms with Gasteiger partial charge in [-0.15, -0.1) is 0 Å². The highest BCUT2D eigenvalue weighted by Gasteiger charge is 2.20. The molecule has 0 aliphatic heterocycles. The van der Waals surface area contributed by atoms with Crippen LogP contribution in [0, 0.1) is 13.8 Å². The number of aromatic amines is 1. The fourth-order valence-electron chi connectivity index (χ4n) is 2.61. The van der Waals surface area contributed by atoms with Gasteiger partial charge >= 0.3 is 5.97 Å². The monoisotopic (exact) mass is 329 g/mol. The molecule has 0 atom stereocenters. The highest BCUT2D eigenvalue weighted by molar-refractivity contribution is 6.03. The first-order chi connectivity index (χ1) is 11.3. The van der Waals surface area contributed by atoms with E-state index in [0.717, 1.165) is 0 Å². The van der Waals surface area contributed by atoms with E-state index in [4.69, 9.17) is 4.74 Å². The van der Waals surface area contributed by atoms with Crippen LogP contribution in [-0.4, -0.2) is 36.2 Å². The SMILES string of the molecule is COC(=O)c1cccc(OCC(=O)c2[nH]c(C)c(C(C)=O)c2C)c1. The lowest BCUT2D eigenvalue weighted by atomic mass is 10.1. The van der Waals surface area contributed by atoms with Crippen molar-refractivity contribution < 1.29 is 23.9 Å². The molecule has 0 saturated carbocycles. The molecule has 0 aliphatic carbocycles. The van der Waals surface area contributed by atoms with Crippen molar-refractivity contribution in [2.45, 2.75) is 20.8 Å². The Morgan fingerprint density at radius 3 is 2.46 bits per heavy atom. The largest absolute Gasteiger partial charge is 0.485 e. The van der Waals surface area contributed by atoms with Crippen LogP contribution in [0.25, 0.3) is 0 Å². The number of ketones is 2. The molecule has 6 nitrogen and oxygen atoms in total. The molecule has 0 bridgehead atoms. The van der Waals surface area contributed by atoms with Gasteiger partial charge in [0.15, 0.2) is 12.4 Å². The number of hydrogen-bond donors (Lipinski definition) is 1. The minimum absolute atomic E-state index is 0.0907. The predicted molar refractivity (Wildman–Crippen MR) is 87.9 cm³/mol. The average molecular weight is 329 g/mol. The maximum absolute atomic E-state index is 12.3. The van der Waals surface area contributed by atoms with E-state index >= 15 is 0 Å². The standard InChI is InChI=1S/C18H19NO5/c1-10-16(12(3)20)11(2)19-17(10)15(21)9-24-14-7-5-6-13(8-14)18(22)23-4/h5-8,19H,9H2,1-4H3. The van der Waals surface area contributed by atoms with Crippen LogP contribution in [0.3, 0.4) is 0 Å². The second kappa shape index (κ2) is 7.12. The number of hydrogen-bond acceptors (Lipinski definition) is 5. The summed E-state index contributed by atoms with van der Waals surface area (Å²) in [5.74, 6) is -0.453. The van der Waals surface area contributed by atoms with Gasteiger partial charge in [-0.1, -0.05) is 6.07 Å². The Morgan fingerprint density at radius 2 is 1.88 bits per heavy atom. The Hall–Kier alpha value is -2.89. The number of rotatable bonds is 6. The first kappa shape index (κ1) is 17.5. The van der Waals surface area contributed by atoms with E-state index in [1.54, 1.807) is 32.0 Å². The lowest BCUT2D eigenvalue weighted by molar-refractivity contribution is 0.0600. The van der Waals surface area contributed by atoms with Crippen LogP contribution in [0.4, 0.5) is 0 Å². The van der Waals surface area contributed by atoms with E-state index in [1.165, 1.54) is 20.1 Å². The number of ether oxygens (including phenoxy) is 2. The average Bonchev–Trinajstić information content (AvgIpc) is 2.86. The smallest absolute Gasteiger partial charge is 0.337 e.